The van der Waals surface area contributed by atoms with Crippen LogP contribution in [0.3, 0.4) is 0 Å². The normalized spacial score (nSPS) is 21.6. The van der Waals surface area contributed by atoms with Gasteiger partial charge < -0.3 is 15.0 Å². The molecule has 39 heavy (non-hydrogen) atoms. The van der Waals surface area contributed by atoms with E-state index < -0.39 is 16.1 Å². The van der Waals surface area contributed by atoms with Crippen molar-refractivity contribution in [1.82, 2.24) is 30.2 Å². The minimum Gasteiger partial charge on any atom is -0.477 e. The fourth-order valence-corrected chi connectivity index (χ4v) is 7.48. The molecule has 1 atom stereocenters. The Morgan fingerprint density at radius 1 is 1.18 bits per heavy atom. The Hall–Kier alpha value is -3.16. The molecule has 1 amide bonds. The van der Waals surface area contributed by atoms with Crippen molar-refractivity contribution in [3.8, 4) is 16.5 Å². The van der Waals surface area contributed by atoms with Gasteiger partial charge in [-0.1, -0.05) is 0 Å². The lowest BCUT2D eigenvalue weighted by molar-refractivity contribution is 0.0218. The molecular formula is C26H31N7O4S2. The molecular weight excluding hydrogens is 538 g/mol. The van der Waals surface area contributed by atoms with Crippen molar-refractivity contribution in [2.24, 2.45) is 11.8 Å². The van der Waals surface area contributed by atoms with Gasteiger partial charge in [0, 0.05) is 32.0 Å². The molecule has 13 heteroatoms. The number of rotatable bonds is 11. The highest BCUT2D eigenvalue weighted by Crippen LogP contribution is 2.40. The van der Waals surface area contributed by atoms with Crippen molar-refractivity contribution in [1.29, 1.82) is 0 Å². The zero-order valence-electron chi connectivity index (χ0n) is 21.6. The van der Waals surface area contributed by atoms with Gasteiger partial charge in [-0.25, -0.2) is 18.4 Å². The molecule has 2 saturated carbocycles. The lowest BCUT2D eigenvalue weighted by atomic mass is 9.71. The van der Waals surface area contributed by atoms with Crippen LogP contribution >= 0.6 is 11.3 Å². The van der Waals surface area contributed by atoms with Gasteiger partial charge in [0.05, 0.1) is 46.6 Å². The summed E-state index contributed by atoms with van der Waals surface area (Å²) >= 11 is 1.23. The number of hydrogen-bond acceptors (Lipinski definition) is 10. The maximum atomic E-state index is 13.4. The molecule has 0 aromatic carbocycles. The van der Waals surface area contributed by atoms with Crippen molar-refractivity contribution < 1.29 is 17.9 Å². The van der Waals surface area contributed by atoms with Gasteiger partial charge in [0.1, 0.15) is 5.69 Å². The summed E-state index contributed by atoms with van der Waals surface area (Å²) in [4.78, 5) is 34.0. The number of aromatic nitrogens is 4. The molecule has 2 aliphatic heterocycles. The maximum absolute atomic E-state index is 13.4. The predicted octanol–water partition coefficient (Wildman–Crippen LogP) is 3.11. The van der Waals surface area contributed by atoms with Gasteiger partial charge in [-0.3, -0.25) is 19.5 Å². The molecule has 5 heterocycles. The minimum absolute atomic E-state index is 0.297. The molecule has 0 unspecified atom stereocenters. The van der Waals surface area contributed by atoms with Crippen LogP contribution in [0.1, 0.15) is 54.1 Å². The van der Waals surface area contributed by atoms with E-state index in [0.29, 0.717) is 70.7 Å². The predicted molar refractivity (Wildman–Crippen MR) is 147 cm³/mol. The monoisotopic (exact) mass is 569 g/mol. The summed E-state index contributed by atoms with van der Waals surface area (Å²) in [6.07, 6.45) is 10.3. The van der Waals surface area contributed by atoms with Crippen molar-refractivity contribution in [2.45, 2.75) is 43.9 Å². The zero-order valence-corrected chi connectivity index (χ0v) is 23.2. The second-order valence-electron chi connectivity index (χ2n) is 10.5. The lowest BCUT2D eigenvalue weighted by Gasteiger charge is -2.48. The Morgan fingerprint density at radius 3 is 2.72 bits per heavy atom. The molecule has 4 fully saturated rings. The van der Waals surface area contributed by atoms with Gasteiger partial charge in [0.25, 0.3) is 5.91 Å². The third-order valence-electron chi connectivity index (χ3n) is 7.33. The number of fused-ring (bicyclic) bond motifs is 2. The number of anilines is 1. The number of amides is 1. The van der Waals surface area contributed by atoms with Gasteiger partial charge in [0.15, 0.2) is 5.01 Å². The zero-order chi connectivity index (χ0) is 27.0. The number of sulfonamides is 1. The topological polar surface area (TPSA) is 139 Å². The number of carbonyl (C=O) groups excluding carboxylic acids is 1. The molecule has 2 saturated heterocycles. The first-order valence-corrected chi connectivity index (χ1v) is 15.6. The number of nitrogens with one attached hydrogen (secondary N) is 2. The molecule has 11 nitrogen and oxygen atoms in total. The Kier molecular flexibility index (Phi) is 7.21. The third kappa shape index (κ3) is 6.04. The van der Waals surface area contributed by atoms with E-state index >= 15 is 0 Å². The molecule has 206 valence electrons. The number of hydrogen-bond donors (Lipinski definition) is 2. The summed E-state index contributed by atoms with van der Waals surface area (Å²) in [7, 11) is -3.41. The van der Waals surface area contributed by atoms with Gasteiger partial charge in [-0.2, -0.15) is 0 Å². The average molecular weight is 570 g/mol. The van der Waals surface area contributed by atoms with Crippen molar-refractivity contribution in [3.63, 3.8) is 0 Å². The Balaban J connectivity index is 1.21. The molecule has 7 rings (SSSR count). The molecule has 0 radical (unpaired) electrons. The lowest BCUT2D eigenvalue weighted by Crippen LogP contribution is -2.51. The van der Waals surface area contributed by atoms with Gasteiger partial charge in [0.2, 0.25) is 15.9 Å². The van der Waals surface area contributed by atoms with Gasteiger partial charge in [-0.15, -0.1) is 11.3 Å². The van der Waals surface area contributed by atoms with Crippen LogP contribution in [0.2, 0.25) is 0 Å². The van der Waals surface area contributed by atoms with Crippen LogP contribution in [-0.2, 0) is 10.0 Å². The SMILES string of the molecule is CCOc1cncc(-c2cnc(C(=O)N[C@H](CN3CC4CC(C4)C3)c3cc(NS(=O)(=O)C4CC4)ccn3)s2)n1. The van der Waals surface area contributed by atoms with E-state index in [-0.39, 0.29) is 11.2 Å². The fraction of sp³-hybridized carbons (Fsp3) is 0.500. The van der Waals surface area contributed by atoms with E-state index in [1.807, 2.05) is 6.92 Å². The van der Waals surface area contributed by atoms with Crippen LogP contribution in [0.5, 0.6) is 5.88 Å². The first kappa shape index (κ1) is 26.1. The average Bonchev–Trinajstić information content (AvgIpc) is 3.66. The second-order valence-corrected chi connectivity index (χ2v) is 13.5. The Bertz CT molecular complexity index is 1440. The summed E-state index contributed by atoms with van der Waals surface area (Å²) in [6, 6.07) is 2.93. The third-order valence-corrected chi connectivity index (χ3v) is 10.2. The van der Waals surface area contributed by atoms with Gasteiger partial charge in [-0.05, 0) is 56.6 Å². The first-order chi connectivity index (χ1) is 18.9. The number of nitrogens with zero attached hydrogens (tertiary/aromatic N) is 5. The van der Waals surface area contributed by atoms with E-state index in [0.717, 1.165) is 13.1 Å². The molecule has 3 aromatic heterocycles. The van der Waals surface area contributed by atoms with Gasteiger partial charge >= 0.3 is 0 Å². The standard InChI is InChI=1S/C26H31N7O4S2/c1-2-37-24-12-27-10-21(30-24)23-11-29-26(38-23)25(34)31-22(15-33-13-16-7-17(8-16)14-33)20-9-18(5-6-28-20)32-39(35,36)19-3-4-19/h5-6,9-12,16-17,19,22H,2-4,7-8,13-15H2,1H3,(H,28,32)(H,31,34)/t16?,17?,22-/m1/s1. The number of pyridine rings is 1. The highest BCUT2D eigenvalue weighted by atomic mass is 32.2. The Morgan fingerprint density at radius 2 is 1.97 bits per heavy atom. The maximum Gasteiger partial charge on any atom is 0.280 e. The summed E-state index contributed by atoms with van der Waals surface area (Å²) < 4.78 is 33.1. The fourth-order valence-electron chi connectivity index (χ4n) is 5.33. The van der Waals surface area contributed by atoms with Crippen LogP contribution < -0.4 is 14.8 Å². The molecule has 3 aromatic rings. The van der Waals surface area contributed by atoms with Crippen LogP contribution in [-0.4, -0.2) is 70.7 Å². The molecule has 2 bridgehead atoms. The van der Waals surface area contributed by atoms with E-state index in [1.165, 1.54) is 24.2 Å². The number of piperidine rings is 2. The number of thiazole rings is 1. The second kappa shape index (κ2) is 10.8. The molecule has 2 aliphatic carbocycles. The van der Waals surface area contributed by atoms with E-state index in [9.17, 15) is 13.2 Å². The van der Waals surface area contributed by atoms with E-state index in [1.54, 1.807) is 36.9 Å². The highest BCUT2D eigenvalue weighted by molar-refractivity contribution is 7.93. The van der Waals surface area contributed by atoms with E-state index in [4.69, 9.17) is 4.74 Å². The van der Waals surface area contributed by atoms with Crippen LogP contribution in [0.25, 0.3) is 10.6 Å². The number of carbonyl (C=O) groups is 1. The molecule has 4 aliphatic rings. The smallest absolute Gasteiger partial charge is 0.280 e. The first-order valence-electron chi connectivity index (χ1n) is 13.3. The van der Waals surface area contributed by atoms with Crippen LogP contribution in [0, 0.1) is 11.8 Å². The van der Waals surface area contributed by atoms with Crippen molar-refractivity contribution in [2.75, 3.05) is 31.0 Å². The summed E-state index contributed by atoms with van der Waals surface area (Å²) in [5, 5.41) is 3.08. The minimum atomic E-state index is -3.41. The molecule has 0 spiro atoms. The van der Waals surface area contributed by atoms with Crippen molar-refractivity contribution in [3.05, 3.63) is 47.6 Å². The largest absolute Gasteiger partial charge is 0.477 e. The summed E-state index contributed by atoms with van der Waals surface area (Å²) in [5.41, 5.74) is 1.64. The number of ether oxygens (including phenoxy) is 1. The molecule has 2 N–H and O–H groups in total. The quantitative estimate of drug-likeness (QED) is 0.356. The summed E-state index contributed by atoms with van der Waals surface area (Å²) in [6.45, 7) is 4.93. The van der Waals surface area contributed by atoms with Crippen LogP contribution in [0.4, 0.5) is 5.69 Å². The summed E-state index contributed by atoms with van der Waals surface area (Å²) in [5.74, 6) is 1.51. The van der Waals surface area contributed by atoms with Crippen molar-refractivity contribution >= 4 is 33.0 Å². The van der Waals surface area contributed by atoms with Crippen LogP contribution in [0.15, 0.2) is 36.9 Å². The highest BCUT2D eigenvalue weighted by Gasteiger charge is 2.38. The van der Waals surface area contributed by atoms with E-state index in [2.05, 4.69) is 34.9 Å². The Labute approximate surface area is 231 Å².